The quantitative estimate of drug-likeness (QED) is 0.147. The monoisotopic (exact) mass is 626 g/mol. The van der Waals surface area contributed by atoms with Crippen LogP contribution in [0.1, 0.15) is 13.8 Å². The highest BCUT2D eigenvalue weighted by Gasteiger charge is 2.46. The zero-order valence-corrected chi connectivity index (χ0v) is 28.8. The van der Waals surface area contributed by atoms with E-state index in [1.54, 1.807) is 0 Å². The van der Waals surface area contributed by atoms with Crippen LogP contribution in [0.25, 0.3) is 0 Å². The van der Waals surface area contributed by atoms with Crippen LogP contribution in [-0.4, -0.2) is 19.0 Å². The van der Waals surface area contributed by atoms with Gasteiger partial charge in [0.25, 0.3) is 0 Å². The number of hydrogen-bond acceptors (Lipinski definition) is 0. The van der Waals surface area contributed by atoms with E-state index in [4.69, 9.17) is 0 Å². The molecule has 44 heavy (non-hydrogen) atoms. The molecule has 6 aromatic rings. The summed E-state index contributed by atoms with van der Waals surface area (Å²) >= 11 is 0. The van der Waals surface area contributed by atoms with Crippen LogP contribution < -0.4 is 42.4 Å². The molecule has 218 valence electrons. The Kier molecular flexibility index (Phi) is 9.26. The smallest absolute Gasteiger partial charge is 0.0620 e. The fraction of sp³-hybridized carbons (Fsp3) is 0.122. The van der Waals surface area contributed by atoms with Crippen LogP contribution in [0.4, 0.5) is 0 Å². The number of hydrogen-bond donors (Lipinski definition) is 0. The normalized spacial score (nSPS) is 12.0. The van der Waals surface area contributed by atoms with Crippen molar-refractivity contribution in [3.8, 4) is 0 Å². The number of benzene rings is 6. The molecule has 0 aromatic heterocycles. The van der Waals surface area contributed by atoms with Crippen LogP contribution >= 0.6 is 22.4 Å². The molecule has 0 bridgehead atoms. The van der Waals surface area contributed by atoms with E-state index in [0.29, 0.717) is 5.66 Å². The Labute approximate surface area is 266 Å². The van der Waals surface area contributed by atoms with E-state index in [1.807, 2.05) is 0 Å². The van der Waals surface area contributed by atoms with Crippen LogP contribution in [0.15, 0.2) is 170 Å². The Morgan fingerprint density at radius 2 is 0.614 bits per heavy atom. The minimum absolute atomic E-state index is 0.465. The zero-order valence-electron chi connectivity index (χ0n) is 26.1. The van der Waals surface area contributed by atoms with Gasteiger partial charge in [-0.1, -0.05) is 123 Å². The lowest BCUT2D eigenvalue weighted by Gasteiger charge is -2.32. The van der Waals surface area contributed by atoms with E-state index in [0.717, 1.165) is 0 Å². The Bertz CT molecular complexity index is 1590. The van der Waals surface area contributed by atoms with E-state index in [9.17, 15) is 0 Å². The predicted octanol–water partition coefficient (Wildman–Crippen LogP) is 7.38. The van der Waals surface area contributed by atoms with Gasteiger partial charge in [0.2, 0.25) is 0 Å². The van der Waals surface area contributed by atoms with Gasteiger partial charge in [0.1, 0.15) is 46.4 Å². The molecule has 0 fully saturated rings. The van der Waals surface area contributed by atoms with Crippen LogP contribution in [0.2, 0.25) is 0 Å². The zero-order chi connectivity index (χ0) is 30.6. The first kappa shape index (κ1) is 30.6. The summed E-state index contributed by atoms with van der Waals surface area (Å²) in [6.07, 6.45) is 0. The van der Waals surface area contributed by atoms with Gasteiger partial charge in [-0.3, -0.25) is 0 Å². The van der Waals surface area contributed by atoms with Gasteiger partial charge >= 0.3 is 0 Å². The van der Waals surface area contributed by atoms with Crippen molar-refractivity contribution in [3.63, 3.8) is 0 Å². The third kappa shape index (κ3) is 5.62. The molecule has 0 nitrogen and oxygen atoms in total. The van der Waals surface area contributed by atoms with Crippen molar-refractivity contribution in [2.45, 2.75) is 19.5 Å². The lowest BCUT2D eigenvalue weighted by molar-refractivity contribution is 1.10. The van der Waals surface area contributed by atoms with Crippen molar-refractivity contribution in [2.24, 2.45) is 0 Å². The summed E-state index contributed by atoms with van der Waals surface area (Å²) in [6, 6.07) is 63.7. The first-order valence-electron chi connectivity index (χ1n) is 15.4. The Morgan fingerprint density at radius 3 is 0.886 bits per heavy atom. The first-order chi connectivity index (χ1) is 21.5. The highest BCUT2D eigenvalue weighted by Crippen LogP contribution is 2.56. The van der Waals surface area contributed by atoms with E-state index >= 15 is 0 Å². The first-order valence-corrected chi connectivity index (χ1v) is 21.3. The van der Waals surface area contributed by atoms with Crippen LogP contribution in [0.5, 0.6) is 0 Å². The molecule has 0 spiro atoms. The van der Waals surface area contributed by atoms with Crippen molar-refractivity contribution in [1.29, 1.82) is 0 Å². The van der Waals surface area contributed by atoms with Crippen LogP contribution in [-0.2, 0) is 0 Å². The summed E-state index contributed by atoms with van der Waals surface area (Å²) in [5, 5.41) is 11.8. The molecule has 0 atom stereocenters. The molecular formula is C41H41P3+2. The average Bonchev–Trinajstić information content (AvgIpc) is 3.09. The molecule has 6 rings (SSSR count). The Morgan fingerprint density at radius 1 is 0.364 bits per heavy atom. The summed E-state index contributed by atoms with van der Waals surface area (Å²) in [6.45, 7) is 9.92. The van der Waals surface area contributed by atoms with E-state index in [-0.39, 0.29) is 0 Å². The molecule has 0 aliphatic heterocycles. The van der Waals surface area contributed by atoms with Gasteiger partial charge in [-0.25, -0.2) is 0 Å². The molecule has 0 radical (unpaired) electrons. The number of rotatable bonds is 9. The maximum Gasteiger partial charge on any atom is 0.112 e. The van der Waals surface area contributed by atoms with Gasteiger partial charge in [-0.05, 0) is 74.2 Å². The molecule has 0 saturated heterocycles. The van der Waals surface area contributed by atoms with Gasteiger partial charge in [0.05, 0.1) is 13.3 Å². The summed E-state index contributed by atoms with van der Waals surface area (Å²) in [5.41, 5.74) is 0.465. The molecule has 0 aliphatic carbocycles. The lowest BCUT2D eigenvalue weighted by atomic mass is 10.3. The standard InChI is InChI=1S/C41H41P3/c1-33(2)42(38-29-17-19-31-40(38)43(3,34-21-9-5-10-22-34)35-23-11-6-12-24-35)39-30-18-20-32-41(39)44(4,36-25-13-7-14-26-36)37-27-15-8-16-28-37/h5-33H,1-4H3/q+2. The SMILES string of the molecule is CC(C)P(c1ccccc1[P+](C)(c1ccccc1)c1ccccc1)c1ccccc1[P+](C)(c1ccccc1)c1ccccc1. The van der Waals surface area contributed by atoms with Crippen molar-refractivity contribution in [1.82, 2.24) is 0 Å². The van der Waals surface area contributed by atoms with Crippen molar-refractivity contribution in [2.75, 3.05) is 13.3 Å². The van der Waals surface area contributed by atoms with Crippen molar-refractivity contribution < 1.29 is 0 Å². The van der Waals surface area contributed by atoms with Crippen LogP contribution in [0.3, 0.4) is 0 Å². The molecule has 0 saturated carbocycles. The maximum atomic E-state index is 2.53. The second kappa shape index (κ2) is 13.3. The molecule has 6 aromatic carbocycles. The largest absolute Gasteiger partial charge is 0.112 e. The highest BCUT2D eigenvalue weighted by molar-refractivity contribution is 7.98. The average molecular weight is 627 g/mol. The Balaban J connectivity index is 1.62. The van der Waals surface area contributed by atoms with Gasteiger partial charge in [-0.2, -0.15) is 0 Å². The van der Waals surface area contributed by atoms with E-state index < -0.39 is 22.4 Å². The highest BCUT2D eigenvalue weighted by atomic mass is 31.2. The summed E-state index contributed by atoms with van der Waals surface area (Å²) in [5.74, 6) is 0. The second-order valence-corrected chi connectivity index (χ2v) is 21.6. The Hall–Kier alpha value is -3.39. The van der Waals surface area contributed by atoms with Gasteiger partial charge < -0.3 is 0 Å². The summed E-state index contributed by atoms with van der Waals surface area (Å²) in [4.78, 5) is 0. The van der Waals surface area contributed by atoms with Crippen molar-refractivity contribution >= 4 is 64.9 Å². The fourth-order valence-corrected chi connectivity index (χ4v) is 17.5. The third-order valence-corrected chi connectivity index (χ3v) is 20.1. The lowest BCUT2D eigenvalue weighted by Crippen LogP contribution is -2.43. The summed E-state index contributed by atoms with van der Waals surface area (Å²) in [7, 11) is -4.54. The summed E-state index contributed by atoms with van der Waals surface area (Å²) < 4.78 is 0. The van der Waals surface area contributed by atoms with E-state index in [1.165, 1.54) is 42.4 Å². The molecule has 0 aliphatic rings. The van der Waals surface area contributed by atoms with Crippen LogP contribution in [0, 0.1) is 0 Å². The minimum Gasteiger partial charge on any atom is -0.0620 e. The van der Waals surface area contributed by atoms with E-state index in [2.05, 4.69) is 197 Å². The van der Waals surface area contributed by atoms with Gasteiger partial charge in [-0.15, -0.1) is 0 Å². The van der Waals surface area contributed by atoms with Gasteiger partial charge in [0.15, 0.2) is 0 Å². The predicted molar refractivity (Wildman–Crippen MR) is 203 cm³/mol. The molecule has 0 unspecified atom stereocenters. The maximum absolute atomic E-state index is 2.53. The molecule has 0 N–H and O–H groups in total. The fourth-order valence-electron chi connectivity index (χ4n) is 6.54. The molecule has 0 heterocycles. The molecule has 3 heteroatoms. The topological polar surface area (TPSA) is 0 Å². The molecule has 0 amide bonds. The minimum atomic E-state index is -1.92. The van der Waals surface area contributed by atoms with Gasteiger partial charge in [0, 0.05) is 10.6 Å². The molecular weight excluding hydrogens is 585 g/mol. The third-order valence-electron chi connectivity index (χ3n) is 8.85. The second-order valence-electron chi connectivity index (χ2n) is 11.8. The van der Waals surface area contributed by atoms with Crippen molar-refractivity contribution in [3.05, 3.63) is 170 Å².